The van der Waals surface area contributed by atoms with Crippen molar-refractivity contribution in [2.24, 2.45) is 0 Å². The minimum Gasteiger partial charge on any atom is -0.497 e. The molecule has 0 aromatic heterocycles. The second-order valence-electron chi connectivity index (χ2n) is 5.23. The zero-order chi connectivity index (χ0) is 14.2. The first-order valence-electron chi connectivity index (χ1n) is 6.10. The van der Waals surface area contributed by atoms with Crippen LogP contribution in [0.25, 0.3) is 0 Å². The Morgan fingerprint density at radius 3 is 2.58 bits per heavy atom. The Kier molecular flexibility index (Phi) is 3.32. The monoisotopic (exact) mass is 263 g/mol. The van der Waals surface area contributed by atoms with Crippen LogP contribution in [0.5, 0.6) is 5.75 Å². The van der Waals surface area contributed by atoms with Gasteiger partial charge in [-0.1, -0.05) is 0 Å². The Morgan fingerprint density at radius 1 is 1.32 bits per heavy atom. The van der Waals surface area contributed by atoms with Crippen molar-refractivity contribution < 1.29 is 19.4 Å². The molecule has 0 spiro atoms. The van der Waals surface area contributed by atoms with E-state index in [9.17, 15) is 14.7 Å². The molecule has 0 saturated heterocycles. The van der Waals surface area contributed by atoms with Crippen LogP contribution in [0.1, 0.15) is 30.6 Å². The number of benzene rings is 1. The van der Waals surface area contributed by atoms with Crippen molar-refractivity contribution >= 4 is 17.4 Å². The van der Waals surface area contributed by atoms with Crippen molar-refractivity contribution in [1.29, 1.82) is 0 Å². The zero-order valence-electron chi connectivity index (χ0n) is 11.3. The number of hydrogen-bond acceptors (Lipinski definition) is 4. The summed E-state index contributed by atoms with van der Waals surface area (Å²) in [6.07, 6.45) is 0.400. The summed E-state index contributed by atoms with van der Waals surface area (Å²) < 4.78 is 5.05. The third-order valence-electron chi connectivity index (χ3n) is 3.13. The molecule has 1 aliphatic rings. The van der Waals surface area contributed by atoms with Gasteiger partial charge in [-0.3, -0.25) is 9.59 Å². The van der Waals surface area contributed by atoms with Crippen LogP contribution in [0, 0.1) is 0 Å². The first kappa shape index (κ1) is 13.5. The molecule has 0 atom stereocenters. The predicted molar refractivity (Wildman–Crippen MR) is 70.6 cm³/mol. The molecule has 1 heterocycles. The highest BCUT2D eigenvalue weighted by Gasteiger charge is 2.36. The van der Waals surface area contributed by atoms with E-state index in [0.717, 1.165) is 0 Å². The summed E-state index contributed by atoms with van der Waals surface area (Å²) in [5.74, 6) is -0.526. The molecule has 0 aliphatic carbocycles. The second kappa shape index (κ2) is 4.66. The minimum absolute atomic E-state index is 0.313. The predicted octanol–water partition coefficient (Wildman–Crippen LogP) is 1.39. The van der Waals surface area contributed by atoms with Crippen LogP contribution in [0.3, 0.4) is 0 Å². The molecule has 0 unspecified atom stereocenters. The van der Waals surface area contributed by atoms with E-state index in [4.69, 9.17) is 4.74 Å². The number of amides is 1. The number of fused-ring (bicyclic) bond motifs is 1. The van der Waals surface area contributed by atoms with E-state index in [1.165, 1.54) is 12.0 Å². The van der Waals surface area contributed by atoms with Gasteiger partial charge >= 0.3 is 0 Å². The van der Waals surface area contributed by atoms with Gasteiger partial charge in [0.15, 0.2) is 0 Å². The van der Waals surface area contributed by atoms with E-state index in [0.29, 0.717) is 30.0 Å². The number of carbonyl (C=O) groups excluding carboxylic acids is 2. The number of Topliss-reactive ketones (excluding diaryl/α,β-unsaturated/α-hetero) is 1. The Labute approximate surface area is 111 Å². The van der Waals surface area contributed by atoms with Crippen molar-refractivity contribution in [3.63, 3.8) is 0 Å². The van der Waals surface area contributed by atoms with Gasteiger partial charge in [0.1, 0.15) is 5.75 Å². The average molecular weight is 263 g/mol. The largest absolute Gasteiger partial charge is 0.497 e. The van der Waals surface area contributed by atoms with Gasteiger partial charge in [-0.05, 0) is 38.5 Å². The van der Waals surface area contributed by atoms with Crippen LogP contribution in [-0.2, 0) is 4.79 Å². The van der Waals surface area contributed by atoms with Gasteiger partial charge in [0.05, 0.1) is 24.0 Å². The van der Waals surface area contributed by atoms with Crippen LogP contribution < -0.4 is 9.64 Å². The summed E-state index contributed by atoms with van der Waals surface area (Å²) in [6.45, 7) is 3.65. The van der Waals surface area contributed by atoms with Crippen molar-refractivity contribution in [2.45, 2.75) is 25.9 Å². The molecule has 0 saturated carbocycles. The Bertz CT molecular complexity index is 531. The van der Waals surface area contributed by atoms with E-state index in [1.54, 1.807) is 32.0 Å². The topological polar surface area (TPSA) is 66.8 Å². The van der Waals surface area contributed by atoms with E-state index in [2.05, 4.69) is 0 Å². The normalized spacial score (nSPS) is 14.8. The molecule has 0 radical (unpaired) electrons. The lowest BCUT2D eigenvalue weighted by atomic mass is 10.1. The number of aliphatic hydroxyl groups is 1. The third kappa shape index (κ3) is 2.61. The fourth-order valence-electron chi connectivity index (χ4n) is 2.01. The fourth-order valence-corrected chi connectivity index (χ4v) is 2.01. The van der Waals surface area contributed by atoms with Gasteiger partial charge in [-0.15, -0.1) is 0 Å². The molecule has 0 bridgehead atoms. The quantitative estimate of drug-likeness (QED) is 0.833. The number of nitrogens with zero attached hydrogens (tertiary/aromatic N) is 1. The lowest BCUT2D eigenvalue weighted by molar-refractivity contribution is -0.114. The summed E-state index contributed by atoms with van der Waals surface area (Å²) in [5.41, 5.74) is 0.0681. The minimum atomic E-state index is -0.876. The summed E-state index contributed by atoms with van der Waals surface area (Å²) in [4.78, 5) is 25.2. The van der Waals surface area contributed by atoms with E-state index < -0.39 is 17.3 Å². The standard InChI is InChI=1S/C14H17NO4/c1-14(2,18)6-7-15-11-5-4-9(19-3)8-10(11)12(16)13(15)17/h4-5,8,18H,6-7H2,1-3H3. The fraction of sp³-hybridized carbons (Fsp3) is 0.429. The highest BCUT2D eigenvalue weighted by Crippen LogP contribution is 2.32. The number of methoxy groups -OCH3 is 1. The maximum Gasteiger partial charge on any atom is 0.299 e. The number of ketones is 1. The molecule has 1 amide bonds. The Hall–Kier alpha value is -1.88. The Morgan fingerprint density at radius 2 is 2.00 bits per heavy atom. The van der Waals surface area contributed by atoms with Crippen molar-refractivity contribution in [3.8, 4) is 5.75 Å². The molecule has 5 heteroatoms. The molecular formula is C14H17NO4. The smallest absolute Gasteiger partial charge is 0.299 e. The van der Waals surface area contributed by atoms with Gasteiger partial charge in [-0.2, -0.15) is 0 Å². The van der Waals surface area contributed by atoms with Gasteiger partial charge < -0.3 is 14.7 Å². The van der Waals surface area contributed by atoms with Gasteiger partial charge in [0, 0.05) is 6.54 Å². The zero-order valence-corrected chi connectivity index (χ0v) is 11.3. The molecule has 0 fully saturated rings. The average Bonchev–Trinajstić information content (AvgIpc) is 2.58. The maximum absolute atomic E-state index is 11.9. The number of rotatable bonds is 4. The first-order chi connectivity index (χ1) is 8.83. The van der Waals surface area contributed by atoms with Crippen LogP contribution in [0.2, 0.25) is 0 Å². The number of hydrogen-bond donors (Lipinski definition) is 1. The van der Waals surface area contributed by atoms with Crippen LogP contribution >= 0.6 is 0 Å². The van der Waals surface area contributed by atoms with Crippen molar-refractivity contribution in [2.75, 3.05) is 18.6 Å². The van der Waals surface area contributed by atoms with Crippen molar-refractivity contribution in [3.05, 3.63) is 23.8 Å². The number of ether oxygens (including phenoxy) is 1. The second-order valence-corrected chi connectivity index (χ2v) is 5.23. The summed E-state index contributed by atoms with van der Waals surface area (Å²) in [5, 5.41) is 9.72. The summed E-state index contributed by atoms with van der Waals surface area (Å²) in [7, 11) is 1.51. The molecular weight excluding hydrogens is 246 g/mol. The van der Waals surface area contributed by atoms with Gasteiger partial charge in [0.25, 0.3) is 11.7 Å². The number of anilines is 1. The van der Waals surface area contributed by atoms with Gasteiger partial charge in [-0.25, -0.2) is 0 Å². The maximum atomic E-state index is 11.9. The molecule has 102 valence electrons. The van der Waals surface area contributed by atoms with Crippen LogP contribution in [0.4, 0.5) is 5.69 Å². The third-order valence-corrected chi connectivity index (χ3v) is 3.13. The van der Waals surface area contributed by atoms with E-state index in [1.807, 2.05) is 0 Å². The van der Waals surface area contributed by atoms with E-state index >= 15 is 0 Å². The van der Waals surface area contributed by atoms with Crippen LogP contribution in [-0.4, -0.2) is 36.1 Å². The molecule has 1 aromatic carbocycles. The lowest BCUT2D eigenvalue weighted by Crippen LogP contribution is -2.34. The molecule has 5 nitrogen and oxygen atoms in total. The summed E-state index contributed by atoms with van der Waals surface area (Å²) >= 11 is 0. The number of carbonyl (C=O) groups is 2. The first-order valence-corrected chi connectivity index (χ1v) is 6.10. The molecule has 2 rings (SSSR count). The molecule has 1 aliphatic heterocycles. The van der Waals surface area contributed by atoms with E-state index in [-0.39, 0.29) is 0 Å². The van der Waals surface area contributed by atoms with Crippen LogP contribution in [0.15, 0.2) is 18.2 Å². The SMILES string of the molecule is COc1ccc2c(c1)C(=O)C(=O)N2CCC(C)(C)O. The highest BCUT2D eigenvalue weighted by molar-refractivity contribution is 6.52. The highest BCUT2D eigenvalue weighted by atomic mass is 16.5. The van der Waals surface area contributed by atoms with Crippen molar-refractivity contribution in [1.82, 2.24) is 0 Å². The molecule has 19 heavy (non-hydrogen) atoms. The molecule has 1 N–H and O–H groups in total. The summed E-state index contributed by atoms with van der Waals surface area (Å²) in [6, 6.07) is 4.97. The lowest BCUT2D eigenvalue weighted by Gasteiger charge is -2.22. The molecule has 1 aromatic rings. The van der Waals surface area contributed by atoms with Gasteiger partial charge in [0.2, 0.25) is 0 Å². The Balaban J connectivity index is 2.29.